The predicted octanol–water partition coefficient (Wildman–Crippen LogP) is 2.70. The Balaban J connectivity index is 2.52. The maximum absolute atomic E-state index is 14.0. The van der Waals surface area contributed by atoms with E-state index < -0.39 is 66.0 Å². The quantitative estimate of drug-likeness (QED) is 0.242. The largest absolute Gasteiger partial charge is 0.391 e. The fraction of sp³-hybridized carbons (Fsp3) is 0.853. The normalized spacial score (nSPS) is 27.4. The van der Waals surface area contributed by atoms with E-state index in [1.54, 1.807) is 14.0 Å². The molecule has 1 saturated carbocycles. The van der Waals surface area contributed by atoms with Gasteiger partial charge in [-0.2, -0.15) is 0 Å². The molecule has 12 heteroatoms. The van der Waals surface area contributed by atoms with Crippen molar-refractivity contribution in [2.24, 2.45) is 5.92 Å². The summed E-state index contributed by atoms with van der Waals surface area (Å²) in [5, 5.41) is 21.3. The van der Waals surface area contributed by atoms with E-state index in [1.807, 2.05) is 6.92 Å². The molecule has 5 amide bonds. The molecule has 2 fully saturated rings. The van der Waals surface area contributed by atoms with Crippen LogP contribution < -0.4 is 21.3 Å². The van der Waals surface area contributed by atoms with Gasteiger partial charge in [0.1, 0.15) is 18.1 Å². The Labute approximate surface area is 275 Å². The number of carbonyl (C=O) groups is 5. The highest BCUT2D eigenvalue weighted by molar-refractivity contribution is 5.94. The summed E-state index contributed by atoms with van der Waals surface area (Å²) in [4.78, 5) is 69.0. The van der Waals surface area contributed by atoms with Crippen LogP contribution in [0.4, 0.5) is 0 Å². The molecule has 4 unspecified atom stereocenters. The van der Waals surface area contributed by atoms with Gasteiger partial charge in [-0.25, -0.2) is 0 Å². The van der Waals surface area contributed by atoms with Crippen molar-refractivity contribution >= 4 is 29.5 Å². The first-order chi connectivity index (χ1) is 21.9. The van der Waals surface area contributed by atoms with Crippen LogP contribution in [0.2, 0.25) is 0 Å². The first-order valence-electron chi connectivity index (χ1n) is 17.6. The lowest BCUT2D eigenvalue weighted by Crippen LogP contribution is -2.58. The van der Waals surface area contributed by atoms with Gasteiger partial charge in [-0.3, -0.25) is 24.0 Å². The topological polar surface area (TPSA) is 166 Å². The monoisotopic (exact) mass is 651 g/mol. The highest BCUT2D eigenvalue weighted by Crippen LogP contribution is 2.32. The summed E-state index contributed by atoms with van der Waals surface area (Å²) in [5.41, 5.74) is -0.797. The molecule has 0 aromatic rings. The van der Waals surface area contributed by atoms with E-state index in [-0.39, 0.29) is 24.9 Å². The summed E-state index contributed by atoms with van der Waals surface area (Å²) in [6.45, 7) is 8.99. The number of ether oxygens (including phenoxy) is 1. The third-order valence-electron chi connectivity index (χ3n) is 9.41. The summed E-state index contributed by atoms with van der Waals surface area (Å²) >= 11 is 0. The highest BCUT2D eigenvalue weighted by Gasteiger charge is 2.39. The number of aliphatic hydroxyl groups is 1. The average Bonchev–Trinajstić information content (AvgIpc) is 3.03. The lowest BCUT2D eigenvalue weighted by atomic mass is 9.83. The number of nitrogens with one attached hydrogen (secondary N) is 4. The van der Waals surface area contributed by atoms with Crippen molar-refractivity contribution in [1.82, 2.24) is 26.2 Å². The van der Waals surface area contributed by atoms with E-state index in [2.05, 4.69) is 35.1 Å². The number of hydrogen-bond donors (Lipinski definition) is 5. The van der Waals surface area contributed by atoms with Gasteiger partial charge in [0.2, 0.25) is 29.5 Å². The number of unbranched alkanes of at least 4 members (excludes halogenated alkanes) is 2. The van der Waals surface area contributed by atoms with Crippen LogP contribution in [-0.2, 0) is 28.7 Å². The molecule has 5 N–H and O–H groups in total. The van der Waals surface area contributed by atoms with Crippen LogP contribution in [0.15, 0.2) is 0 Å². The fourth-order valence-corrected chi connectivity index (χ4v) is 6.54. The molecule has 264 valence electrons. The van der Waals surface area contributed by atoms with Crippen molar-refractivity contribution in [3.05, 3.63) is 0 Å². The number of carbonyl (C=O) groups excluding carboxylic acids is 5. The van der Waals surface area contributed by atoms with E-state index >= 15 is 0 Å². The third-order valence-corrected chi connectivity index (χ3v) is 9.41. The van der Waals surface area contributed by atoms with E-state index in [9.17, 15) is 29.1 Å². The van der Waals surface area contributed by atoms with Crippen molar-refractivity contribution in [2.45, 2.75) is 160 Å². The molecular weight excluding hydrogens is 590 g/mol. The molecule has 0 aromatic carbocycles. The second-order valence-corrected chi connectivity index (χ2v) is 13.5. The minimum Gasteiger partial charge on any atom is -0.391 e. The molecule has 1 heterocycles. The van der Waals surface area contributed by atoms with Crippen molar-refractivity contribution in [1.29, 1.82) is 0 Å². The van der Waals surface area contributed by atoms with Crippen molar-refractivity contribution in [3.63, 3.8) is 0 Å². The van der Waals surface area contributed by atoms with Crippen LogP contribution in [0.25, 0.3) is 0 Å². The van der Waals surface area contributed by atoms with Crippen LogP contribution in [0, 0.1) is 5.92 Å². The van der Waals surface area contributed by atoms with Gasteiger partial charge in [-0.15, -0.1) is 0 Å². The molecule has 2 rings (SSSR count). The maximum atomic E-state index is 14.0. The van der Waals surface area contributed by atoms with Gasteiger partial charge in [0, 0.05) is 13.1 Å². The van der Waals surface area contributed by atoms with Crippen molar-refractivity contribution in [3.8, 4) is 0 Å². The average molecular weight is 652 g/mol. The van der Waals surface area contributed by atoms with Crippen LogP contribution in [-0.4, -0.2) is 95.6 Å². The Hall–Kier alpha value is -2.73. The summed E-state index contributed by atoms with van der Waals surface area (Å²) in [6, 6.07) is -3.39. The molecule has 12 nitrogen and oxygen atoms in total. The molecule has 46 heavy (non-hydrogen) atoms. The molecule has 1 aliphatic carbocycles. The lowest BCUT2D eigenvalue weighted by Gasteiger charge is -2.38. The minimum atomic E-state index is -1.25. The first-order valence-corrected chi connectivity index (χ1v) is 17.6. The SMILES string of the molecule is CCCCC1(CCCC)CC(=O)N(C)C(CCC)C(=O)NC(C2CCCCC2)C(=O)NCC(=O)NC([C@H](C)O)C(=O)NC(C)CO1. The first kappa shape index (κ1) is 39.4. The van der Waals surface area contributed by atoms with E-state index in [1.165, 1.54) is 11.8 Å². The van der Waals surface area contributed by atoms with Crippen molar-refractivity contribution in [2.75, 3.05) is 20.2 Å². The van der Waals surface area contributed by atoms with Gasteiger partial charge in [0.05, 0.1) is 31.3 Å². The Kier molecular flexibility index (Phi) is 17.0. The zero-order valence-corrected chi connectivity index (χ0v) is 29.1. The number of hydrogen-bond acceptors (Lipinski definition) is 7. The molecule has 2 aliphatic rings. The molecule has 0 aromatic heterocycles. The maximum Gasteiger partial charge on any atom is 0.245 e. The summed E-state index contributed by atoms with van der Waals surface area (Å²) in [7, 11) is 1.65. The Morgan fingerprint density at radius 2 is 1.52 bits per heavy atom. The minimum absolute atomic E-state index is 0.0799. The molecule has 1 aliphatic heterocycles. The van der Waals surface area contributed by atoms with Gasteiger partial charge in [-0.05, 0) is 51.9 Å². The second kappa shape index (κ2) is 19.8. The van der Waals surface area contributed by atoms with Crippen LogP contribution in [0.1, 0.15) is 125 Å². The summed E-state index contributed by atoms with van der Waals surface area (Å²) in [6.07, 6.45) is 9.20. The Bertz CT molecular complexity index is 992. The zero-order chi connectivity index (χ0) is 34.3. The Morgan fingerprint density at radius 1 is 0.891 bits per heavy atom. The van der Waals surface area contributed by atoms with E-state index in [0.717, 1.165) is 57.8 Å². The molecule has 0 spiro atoms. The number of likely N-dealkylation sites (N-methyl/N-ethyl adjacent to an activating group) is 1. The van der Waals surface area contributed by atoms with Gasteiger partial charge < -0.3 is 36.0 Å². The zero-order valence-electron chi connectivity index (χ0n) is 29.1. The van der Waals surface area contributed by atoms with Gasteiger partial charge >= 0.3 is 0 Å². The molecular formula is C34H61N5O7. The van der Waals surface area contributed by atoms with E-state index in [0.29, 0.717) is 25.7 Å². The van der Waals surface area contributed by atoms with E-state index in [4.69, 9.17) is 4.74 Å². The number of aliphatic hydroxyl groups excluding tert-OH is 1. The predicted molar refractivity (Wildman–Crippen MR) is 177 cm³/mol. The fourth-order valence-electron chi connectivity index (χ4n) is 6.54. The van der Waals surface area contributed by atoms with Gasteiger partial charge in [0.15, 0.2) is 0 Å². The summed E-state index contributed by atoms with van der Waals surface area (Å²) in [5.74, 6) is -2.43. The lowest BCUT2D eigenvalue weighted by molar-refractivity contribution is -0.148. The molecule has 0 radical (unpaired) electrons. The second-order valence-electron chi connectivity index (χ2n) is 13.5. The summed E-state index contributed by atoms with van der Waals surface area (Å²) < 4.78 is 6.56. The number of nitrogens with zero attached hydrogens (tertiary/aromatic N) is 1. The third kappa shape index (κ3) is 12.1. The number of rotatable bonds is 10. The van der Waals surface area contributed by atoms with Gasteiger partial charge in [0.25, 0.3) is 0 Å². The number of amides is 5. The highest BCUT2D eigenvalue weighted by atomic mass is 16.5. The Morgan fingerprint density at radius 3 is 2.09 bits per heavy atom. The van der Waals surface area contributed by atoms with Crippen LogP contribution in [0.5, 0.6) is 0 Å². The van der Waals surface area contributed by atoms with Crippen LogP contribution >= 0.6 is 0 Å². The molecule has 5 atom stereocenters. The molecule has 1 saturated heterocycles. The smallest absolute Gasteiger partial charge is 0.245 e. The molecule has 0 bridgehead atoms. The van der Waals surface area contributed by atoms with Gasteiger partial charge in [-0.1, -0.05) is 72.1 Å². The standard InChI is InChI=1S/C34H61N5O7/c1-7-10-18-34(19-11-8-2)20-28(42)39(6)26(15-9-3)31(43)38-30(25-16-13-12-14-17-25)32(44)35-21-27(41)37-29(24(5)40)33(45)36-23(4)22-46-34/h23-26,29-30,40H,7-22H2,1-6H3,(H,35,44)(H,36,45)(H,37,41)(H,38,43)/t23?,24-,26?,29?,30?/m0/s1. The van der Waals surface area contributed by atoms with Crippen molar-refractivity contribution < 1.29 is 33.8 Å². The van der Waals surface area contributed by atoms with Crippen LogP contribution in [0.3, 0.4) is 0 Å².